The first kappa shape index (κ1) is 15.9. The van der Waals surface area contributed by atoms with Crippen molar-refractivity contribution in [1.29, 1.82) is 5.26 Å². The zero-order valence-electron chi connectivity index (χ0n) is 12.4. The Labute approximate surface area is 134 Å². The third-order valence-corrected chi connectivity index (χ3v) is 2.92. The van der Waals surface area contributed by atoms with Crippen molar-refractivity contribution in [2.24, 2.45) is 0 Å². The number of nitrogens with one attached hydrogen (secondary N) is 1. The van der Waals surface area contributed by atoms with Gasteiger partial charge in [-0.05, 0) is 23.8 Å². The molecule has 1 amide bonds. The third kappa shape index (κ3) is 5.11. The number of nitrogens with two attached hydrogens (primary N) is 1. The first-order chi connectivity index (χ1) is 11.2. The van der Waals surface area contributed by atoms with Gasteiger partial charge in [0.25, 0.3) is 0 Å². The van der Waals surface area contributed by atoms with Crippen LogP contribution in [0, 0.1) is 23.2 Å². The number of hydrogen-bond acceptors (Lipinski definition) is 4. The highest BCUT2D eigenvalue weighted by Crippen LogP contribution is 2.11. The maximum atomic E-state index is 11.5. The fraction of sp³-hybridized carbons (Fsp3) is 0.111. The summed E-state index contributed by atoms with van der Waals surface area (Å²) in [6.07, 6.45) is -0.541. The molecule has 2 rings (SSSR count). The largest absolute Gasteiger partial charge is 0.445 e. The molecule has 5 heteroatoms. The van der Waals surface area contributed by atoms with Crippen molar-refractivity contribution in [3.8, 4) is 17.9 Å². The normalized spacial score (nSPS) is 9.17. The number of anilines is 1. The van der Waals surface area contributed by atoms with Gasteiger partial charge in [-0.2, -0.15) is 5.26 Å². The van der Waals surface area contributed by atoms with Gasteiger partial charge in [-0.1, -0.05) is 42.2 Å². The van der Waals surface area contributed by atoms with Crippen molar-refractivity contribution in [2.75, 3.05) is 12.3 Å². The molecule has 114 valence electrons. The number of nitrogen functional groups attached to an aromatic ring is 1. The van der Waals surface area contributed by atoms with E-state index in [2.05, 4.69) is 17.2 Å². The van der Waals surface area contributed by atoms with Gasteiger partial charge in [-0.15, -0.1) is 0 Å². The number of nitriles is 1. The van der Waals surface area contributed by atoms with Crippen LogP contribution in [-0.2, 0) is 11.3 Å². The molecule has 2 aromatic carbocycles. The van der Waals surface area contributed by atoms with E-state index in [-0.39, 0.29) is 13.2 Å². The summed E-state index contributed by atoms with van der Waals surface area (Å²) < 4.78 is 5.05. The number of ether oxygens (including phenoxy) is 1. The van der Waals surface area contributed by atoms with Crippen LogP contribution in [0.15, 0.2) is 48.5 Å². The van der Waals surface area contributed by atoms with Gasteiger partial charge < -0.3 is 15.8 Å². The minimum absolute atomic E-state index is 0.128. The van der Waals surface area contributed by atoms with E-state index in [1.165, 1.54) is 0 Å². The molecular formula is C18H15N3O2. The van der Waals surface area contributed by atoms with E-state index in [0.717, 1.165) is 5.56 Å². The van der Waals surface area contributed by atoms with Crippen molar-refractivity contribution in [3.63, 3.8) is 0 Å². The molecule has 5 nitrogen and oxygen atoms in total. The van der Waals surface area contributed by atoms with E-state index >= 15 is 0 Å². The van der Waals surface area contributed by atoms with Crippen LogP contribution >= 0.6 is 0 Å². The van der Waals surface area contributed by atoms with Crippen molar-refractivity contribution in [1.82, 2.24) is 5.32 Å². The highest BCUT2D eigenvalue weighted by atomic mass is 16.5. The highest BCUT2D eigenvalue weighted by Gasteiger charge is 2.01. The van der Waals surface area contributed by atoms with E-state index in [9.17, 15) is 4.79 Å². The zero-order chi connectivity index (χ0) is 16.5. The summed E-state index contributed by atoms with van der Waals surface area (Å²) in [6, 6.07) is 16.3. The Balaban J connectivity index is 1.81. The lowest BCUT2D eigenvalue weighted by Crippen LogP contribution is -2.24. The molecule has 0 spiro atoms. The Morgan fingerprint density at radius 1 is 1.17 bits per heavy atom. The van der Waals surface area contributed by atoms with Gasteiger partial charge in [0.15, 0.2) is 0 Å². The topological polar surface area (TPSA) is 88.1 Å². The lowest BCUT2D eigenvalue weighted by molar-refractivity contribution is 0.141. The van der Waals surface area contributed by atoms with Crippen LogP contribution in [0.1, 0.15) is 16.7 Å². The summed E-state index contributed by atoms with van der Waals surface area (Å²) in [5.41, 5.74) is 8.00. The number of carbonyl (C=O) groups is 1. The molecule has 0 saturated heterocycles. The Bertz CT molecular complexity index is 783. The van der Waals surface area contributed by atoms with Gasteiger partial charge in [0.1, 0.15) is 12.7 Å². The maximum absolute atomic E-state index is 11.5. The molecule has 0 saturated carbocycles. The quantitative estimate of drug-likeness (QED) is 0.673. The Hall–Kier alpha value is -3.44. The SMILES string of the molecule is N#Cc1cc(N)ccc1C#CCNC(=O)OCc1ccccc1. The molecule has 0 radical (unpaired) electrons. The summed E-state index contributed by atoms with van der Waals surface area (Å²) in [5, 5.41) is 11.5. The molecule has 0 aliphatic rings. The van der Waals surface area contributed by atoms with Crippen LogP contribution < -0.4 is 11.1 Å². The summed E-state index contributed by atoms with van der Waals surface area (Å²) in [5.74, 6) is 5.59. The average Bonchev–Trinajstić information content (AvgIpc) is 2.58. The third-order valence-electron chi connectivity index (χ3n) is 2.92. The first-order valence-electron chi connectivity index (χ1n) is 6.92. The molecule has 0 bridgehead atoms. The Kier molecular flexibility index (Phi) is 5.62. The van der Waals surface area contributed by atoms with Gasteiger partial charge in [0.2, 0.25) is 0 Å². The molecule has 0 unspecified atom stereocenters. The van der Waals surface area contributed by atoms with E-state index in [1.54, 1.807) is 18.2 Å². The fourth-order valence-electron chi connectivity index (χ4n) is 1.79. The number of benzene rings is 2. The second kappa shape index (κ2) is 8.11. The minimum Gasteiger partial charge on any atom is -0.445 e. The summed E-state index contributed by atoms with van der Waals surface area (Å²) in [4.78, 5) is 11.5. The predicted molar refractivity (Wildman–Crippen MR) is 87.1 cm³/mol. The molecule has 0 atom stereocenters. The van der Waals surface area contributed by atoms with Crippen molar-refractivity contribution in [2.45, 2.75) is 6.61 Å². The minimum atomic E-state index is -0.541. The second-order valence-electron chi connectivity index (χ2n) is 4.63. The van der Waals surface area contributed by atoms with Crippen molar-refractivity contribution >= 4 is 11.8 Å². The molecule has 0 aliphatic heterocycles. The van der Waals surface area contributed by atoms with E-state index in [0.29, 0.717) is 16.8 Å². The number of hydrogen-bond donors (Lipinski definition) is 2. The monoisotopic (exact) mass is 305 g/mol. The molecule has 0 aromatic heterocycles. The summed E-state index contributed by atoms with van der Waals surface area (Å²) in [6.45, 7) is 0.333. The Morgan fingerprint density at radius 2 is 1.96 bits per heavy atom. The van der Waals surface area contributed by atoms with Gasteiger partial charge in [-0.25, -0.2) is 4.79 Å². The lowest BCUT2D eigenvalue weighted by Gasteiger charge is -2.04. The molecule has 2 aromatic rings. The molecule has 0 aliphatic carbocycles. The van der Waals surface area contributed by atoms with Crippen LogP contribution in [0.4, 0.5) is 10.5 Å². The fourth-order valence-corrected chi connectivity index (χ4v) is 1.79. The zero-order valence-corrected chi connectivity index (χ0v) is 12.4. The van der Waals surface area contributed by atoms with Gasteiger partial charge >= 0.3 is 6.09 Å². The number of carbonyl (C=O) groups excluding carboxylic acids is 1. The second-order valence-corrected chi connectivity index (χ2v) is 4.63. The van der Waals surface area contributed by atoms with E-state index in [1.807, 2.05) is 36.4 Å². The highest BCUT2D eigenvalue weighted by molar-refractivity contribution is 5.67. The molecule has 23 heavy (non-hydrogen) atoms. The maximum Gasteiger partial charge on any atom is 0.408 e. The lowest BCUT2D eigenvalue weighted by atomic mass is 10.1. The van der Waals surface area contributed by atoms with Crippen LogP contribution in [0.5, 0.6) is 0 Å². The van der Waals surface area contributed by atoms with Crippen LogP contribution in [0.3, 0.4) is 0 Å². The van der Waals surface area contributed by atoms with Gasteiger partial charge in [-0.3, -0.25) is 0 Å². The van der Waals surface area contributed by atoms with Gasteiger partial charge in [0.05, 0.1) is 12.1 Å². The number of amides is 1. The average molecular weight is 305 g/mol. The van der Waals surface area contributed by atoms with E-state index in [4.69, 9.17) is 15.7 Å². The first-order valence-corrected chi connectivity index (χ1v) is 6.92. The number of rotatable bonds is 3. The summed E-state index contributed by atoms with van der Waals surface area (Å²) in [7, 11) is 0. The summed E-state index contributed by atoms with van der Waals surface area (Å²) >= 11 is 0. The smallest absolute Gasteiger partial charge is 0.408 e. The molecule has 0 heterocycles. The molecular weight excluding hydrogens is 290 g/mol. The molecule has 0 fully saturated rings. The number of alkyl carbamates (subject to hydrolysis) is 1. The van der Waals surface area contributed by atoms with Crippen LogP contribution in [0.25, 0.3) is 0 Å². The van der Waals surface area contributed by atoms with Crippen molar-refractivity contribution in [3.05, 3.63) is 65.2 Å². The standard InChI is InChI=1S/C18H15N3O2/c19-12-16-11-17(20)9-8-15(16)7-4-10-21-18(22)23-13-14-5-2-1-3-6-14/h1-3,5-6,8-9,11H,10,13,20H2,(H,21,22). The predicted octanol–water partition coefficient (Wildman–Crippen LogP) is 2.42. The molecule has 3 N–H and O–H groups in total. The number of nitrogens with zero attached hydrogens (tertiary/aromatic N) is 1. The van der Waals surface area contributed by atoms with E-state index < -0.39 is 6.09 Å². The van der Waals surface area contributed by atoms with Crippen LogP contribution in [0.2, 0.25) is 0 Å². The van der Waals surface area contributed by atoms with Crippen LogP contribution in [-0.4, -0.2) is 12.6 Å². The van der Waals surface area contributed by atoms with Gasteiger partial charge in [0, 0.05) is 11.3 Å². The van der Waals surface area contributed by atoms with Crippen molar-refractivity contribution < 1.29 is 9.53 Å². The Morgan fingerprint density at radius 3 is 2.70 bits per heavy atom.